The van der Waals surface area contributed by atoms with Gasteiger partial charge in [-0.05, 0) is 56.2 Å². The minimum absolute atomic E-state index is 0.0194. The van der Waals surface area contributed by atoms with Gasteiger partial charge in [-0.15, -0.1) is 0 Å². The summed E-state index contributed by atoms with van der Waals surface area (Å²) in [5.74, 6) is 1.37. The Bertz CT molecular complexity index is 1170. The van der Waals surface area contributed by atoms with Gasteiger partial charge >= 0.3 is 0 Å². The van der Waals surface area contributed by atoms with Crippen LogP contribution in [0.2, 0.25) is 0 Å². The van der Waals surface area contributed by atoms with Crippen LogP contribution in [0.3, 0.4) is 0 Å². The lowest BCUT2D eigenvalue weighted by atomic mass is 10.0. The highest BCUT2D eigenvalue weighted by Gasteiger charge is 2.32. The van der Waals surface area contributed by atoms with Gasteiger partial charge in [0.25, 0.3) is 5.56 Å². The van der Waals surface area contributed by atoms with E-state index in [1.807, 2.05) is 54.3 Å². The van der Waals surface area contributed by atoms with Gasteiger partial charge in [0.05, 0.1) is 36.3 Å². The minimum Gasteiger partial charge on any atom is -0.497 e. The number of benzene rings is 2. The predicted molar refractivity (Wildman–Crippen MR) is 128 cm³/mol. The van der Waals surface area contributed by atoms with Crippen molar-refractivity contribution in [1.29, 1.82) is 0 Å². The maximum Gasteiger partial charge on any atom is 0.266 e. The van der Waals surface area contributed by atoms with E-state index in [2.05, 4.69) is 0 Å². The third-order valence-corrected chi connectivity index (χ3v) is 6.50. The fourth-order valence-electron chi connectivity index (χ4n) is 4.64. The molecule has 7 heteroatoms. The molecule has 2 aromatic carbocycles. The van der Waals surface area contributed by atoms with Gasteiger partial charge in [0.2, 0.25) is 5.91 Å². The molecule has 0 saturated heterocycles. The molecule has 0 radical (unpaired) electrons. The van der Waals surface area contributed by atoms with Crippen molar-refractivity contribution in [2.75, 3.05) is 27.4 Å². The highest BCUT2D eigenvalue weighted by molar-refractivity contribution is 5.80. The molecule has 1 fully saturated rings. The number of hydrogen-bond donors (Lipinski definition) is 0. The molecule has 1 aromatic heterocycles. The van der Waals surface area contributed by atoms with Crippen LogP contribution in [0, 0.1) is 5.92 Å². The van der Waals surface area contributed by atoms with E-state index in [0.717, 1.165) is 25.7 Å². The minimum atomic E-state index is -0.410. The third kappa shape index (κ3) is 4.64. The van der Waals surface area contributed by atoms with Gasteiger partial charge in [-0.3, -0.25) is 14.2 Å². The summed E-state index contributed by atoms with van der Waals surface area (Å²) >= 11 is 0. The summed E-state index contributed by atoms with van der Waals surface area (Å²) in [5.41, 5.74) is 1.14. The lowest BCUT2D eigenvalue weighted by molar-refractivity contribution is -0.138. The standard InChI is InChI=1S/C26H31N3O4/c1-18(28(16-17-32-2)25(30)19-8-4-5-9-19)24-27-23-11-7-6-10-22(23)26(31)29(24)20-12-14-21(33-3)15-13-20/h6-7,10-15,18-19H,4-5,8-9,16-17H2,1-3H3. The first-order valence-corrected chi connectivity index (χ1v) is 11.5. The molecule has 1 aliphatic rings. The highest BCUT2D eigenvalue weighted by Crippen LogP contribution is 2.31. The van der Waals surface area contributed by atoms with Crippen molar-refractivity contribution in [3.63, 3.8) is 0 Å². The van der Waals surface area contributed by atoms with E-state index in [1.165, 1.54) is 0 Å². The SMILES string of the molecule is COCCN(C(=O)C1CCCC1)C(C)c1nc2ccccc2c(=O)n1-c1ccc(OC)cc1. The Balaban J connectivity index is 1.85. The Hall–Kier alpha value is -3.19. The number of rotatable bonds is 8. The topological polar surface area (TPSA) is 73.7 Å². The quantitative estimate of drug-likeness (QED) is 0.517. The van der Waals surface area contributed by atoms with E-state index >= 15 is 0 Å². The lowest BCUT2D eigenvalue weighted by Gasteiger charge is -2.32. The number of aromatic nitrogens is 2. The molecule has 174 valence electrons. The molecule has 1 saturated carbocycles. The number of methoxy groups -OCH3 is 2. The molecule has 1 amide bonds. The van der Waals surface area contributed by atoms with Crippen molar-refractivity contribution in [2.45, 2.75) is 38.6 Å². The summed E-state index contributed by atoms with van der Waals surface area (Å²) in [4.78, 5) is 33.8. The van der Waals surface area contributed by atoms with Crippen LogP contribution in [-0.2, 0) is 9.53 Å². The number of nitrogens with zero attached hydrogens (tertiary/aromatic N) is 3. The van der Waals surface area contributed by atoms with Crippen LogP contribution >= 0.6 is 0 Å². The van der Waals surface area contributed by atoms with Crippen LogP contribution in [-0.4, -0.2) is 47.7 Å². The van der Waals surface area contributed by atoms with E-state index < -0.39 is 6.04 Å². The Kier molecular flexibility index (Phi) is 7.08. The summed E-state index contributed by atoms with van der Waals surface area (Å²) in [6.45, 7) is 2.81. The van der Waals surface area contributed by atoms with E-state index in [1.54, 1.807) is 24.9 Å². The number of carbonyl (C=O) groups excluding carboxylic acids is 1. The molecule has 7 nitrogen and oxygen atoms in total. The largest absolute Gasteiger partial charge is 0.497 e. The van der Waals surface area contributed by atoms with Gasteiger partial charge in [0.1, 0.15) is 11.6 Å². The average molecular weight is 450 g/mol. The number of carbonyl (C=O) groups is 1. The van der Waals surface area contributed by atoms with Gasteiger partial charge in [-0.1, -0.05) is 25.0 Å². The van der Waals surface area contributed by atoms with Gasteiger partial charge in [0, 0.05) is 19.6 Å². The normalized spacial score (nSPS) is 15.0. The molecule has 0 aliphatic heterocycles. The van der Waals surface area contributed by atoms with Gasteiger partial charge in [-0.2, -0.15) is 0 Å². The van der Waals surface area contributed by atoms with E-state index in [-0.39, 0.29) is 17.4 Å². The summed E-state index contributed by atoms with van der Waals surface area (Å²) in [7, 11) is 3.24. The molecular weight excluding hydrogens is 418 g/mol. The van der Waals surface area contributed by atoms with Crippen molar-refractivity contribution in [3.05, 3.63) is 64.7 Å². The zero-order valence-corrected chi connectivity index (χ0v) is 19.5. The molecular formula is C26H31N3O4. The molecule has 3 aromatic rings. The van der Waals surface area contributed by atoms with E-state index in [4.69, 9.17) is 14.5 Å². The molecule has 0 bridgehead atoms. The van der Waals surface area contributed by atoms with Crippen LogP contribution in [0.15, 0.2) is 53.3 Å². The van der Waals surface area contributed by atoms with Gasteiger partial charge in [-0.25, -0.2) is 4.98 Å². The number of hydrogen-bond acceptors (Lipinski definition) is 5. The van der Waals surface area contributed by atoms with Crippen LogP contribution in [0.4, 0.5) is 0 Å². The Morgan fingerprint density at radius 1 is 1.12 bits per heavy atom. The molecule has 1 unspecified atom stereocenters. The second kappa shape index (κ2) is 10.2. The summed E-state index contributed by atoms with van der Waals surface area (Å²) in [5, 5.41) is 0.537. The lowest BCUT2D eigenvalue weighted by Crippen LogP contribution is -2.41. The number of fused-ring (bicyclic) bond motifs is 1. The first-order chi connectivity index (χ1) is 16.0. The van der Waals surface area contributed by atoms with Crippen molar-refractivity contribution < 1.29 is 14.3 Å². The first kappa shape index (κ1) is 23.0. The molecule has 1 heterocycles. The van der Waals surface area contributed by atoms with Gasteiger partial charge < -0.3 is 14.4 Å². The second-order valence-corrected chi connectivity index (χ2v) is 8.51. The first-order valence-electron chi connectivity index (χ1n) is 11.5. The van der Waals surface area contributed by atoms with Crippen molar-refractivity contribution >= 4 is 16.8 Å². The van der Waals surface area contributed by atoms with Crippen LogP contribution in [0.25, 0.3) is 16.6 Å². The summed E-state index contributed by atoms with van der Waals surface area (Å²) in [6, 6.07) is 14.2. The number of para-hydroxylation sites is 1. The molecule has 0 spiro atoms. The zero-order chi connectivity index (χ0) is 23.4. The van der Waals surface area contributed by atoms with Crippen LogP contribution in [0.5, 0.6) is 5.75 Å². The second-order valence-electron chi connectivity index (χ2n) is 8.51. The summed E-state index contributed by atoms with van der Waals surface area (Å²) < 4.78 is 12.2. The molecule has 1 aliphatic carbocycles. The van der Waals surface area contributed by atoms with E-state index in [9.17, 15) is 9.59 Å². The zero-order valence-electron chi connectivity index (χ0n) is 19.5. The Morgan fingerprint density at radius 2 is 1.82 bits per heavy atom. The fraction of sp³-hybridized carbons (Fsp3) is 0.423. The monoisotopic (exact) mass is 449 g/mol. The highest BCUT2D eigenvalue weighted by atomic mass is 16.5. The van der Waals surface area contributed by atoms with Crippen LogP contribution in [0.1, 0.15) is 44.5 Å². The van der Waals surface area contributed by atoms with Crippen molar-refractivity contribution in [1.82, 2.24) is 14.5 Å². The maximum atomic E-state index is 13.6. The Labute approximate surface area is 194 Å². The van der Waals surface area contributed by atoms with Gasteiger partial charge in [0.15, 0.2) is 0 Å². The molecule has 1 atom stereocenters. The molecule has 0 N–H and O–H groups in total. The predicted octanol–water partition coefficient (Wildman–Crippen LogP) is 4.12. The maximum absolute atomic E-state index is 13.6. The van der Waals surface area contributed by atoms with Crippen molar-refractivity contribution in [3.8, 4) is 11.4 Å². The molecule has 4 rings (SSSR count). The fourth-order valence-corrected chi connectivity index (χ4v) is 4.64. The van der Waals surface area contributed by atoms with Crippen molar-refractivity contribution in [2.24, 2.45) is 5.92 Å². The third-order valence-electron chi connectivity index (χ3n) is 6.50. The Morgan fingerprint density at radius 3 is 2.48 bits per heavy atom. The van der Waals surface area contributed by atoms with E-state index in [0.29, 0.717) is 41.3 Å². The number of ether oxygens (including phenoxy) is 2. The summed E-state index contributed by atoms with van der Waals surface area (Å²) in [6.07, 6.45) is 3.97. The average Bonchev–Trinajstić information content (AvgIpc) is 3.39. The smallest absolute Gasteiger partial charge is 0.266 e. The number of amides is 1. The molecule has 33 heavy (non-hydrogen) atoms. The van der Waals surface area contributed by atoms with Crippen LogP contribution < -0.4 is 10.3 Å².